The average molecular weight is 526 g/mol. The van der Waals surface area contributed by atoms with Crippen molar-refractivity contribution in [1.82, 2.24) is 0 Å². The van der Waals surface area contributed by atoms with Gasteiger partial charge < -0.3 is 4.74 Å². The lowest BCUT2D eigenvalue weighted by Crippen LogP contribution is -2.26. The summed E-state index contributed by atoms with van der Waals surface area (Å²) in [5.74, 6) is -0.652. The van der Waals surface area contributed by atoms with Crippen LogP contribution in [0.15, 0.2) is 76.1 Å². The zero-order chi connectivity index (χ0) is 22.8. The maximum atomic E-state index is 12.8. The van der Waals surface area contributed by atoms with E-state index in [9.17, 15) is 23.3 Å². The SMILES string of the molecule is CN(c1ccc(OC(=O)c2ccc([N+](=O)[O-])cc2Cl)cc1)S(=O)(=O)c1ccc(Br)cc1. The number of carbonyl (C=O) groups excluding carboxylic acids is 1. The summed E-state index contributed by atoms with van der Waals surface area (Å²) in [5, 5.41) is 10.7. The van der Waals surface area contributed by atoms with Gasteiger partial charge in [0.2, 0.25) is 0 Å². The molecular weight excluding hydrogens is 512 g/mol. The summed E-state index contributed by atoms with van der Waals surface area (Å²) >= 11 is 9.20. The van der Waals surface area contributed by atoms with Gasteiger partial charge in [0.15, 0.2) is 0 Å². The first-order valence-corrected chi connectivity index (χ1v) is 11.2. The molecule has 0 N–H and O–H groups in total. The van der Waals surface area contributed by atoms with Gasteiger partial charge in [0.25, 0.3) is 15.7 Å². The lowest BCUT2D eigenvalue weighted by molar-refractivity contribution is -0.384. The molecule has 3 aromatic carbocycles. The maximum absolute atomic E-state index is 12.8. The van der Waals surface area contributed by atoms with Crippen LogP contribution in [-0.4, -0.2) is 26.4 Å². The van der Waals surface area contributed by atoms with Gasteiger partial charge in [-0.1, -0.05) is 27.5 Å². The predicted molar refractivity (Wildman–Crippen MR) is 119 cm³/mol. The highest BCUT2D eigenvalue weighted by Crippen LogP contribution is 2.27. The standard InChI is InChI=1S/C20H14BrClN2O6S/c1-23(31(28,29)17-9-2-13(21)3-10-17)14-4-7-16(8-5-14)30-20(25)18-11-6-15(24(26)27)12-19(18)22/h2-12H,1H3. The number of nitro benzene ring substituents is 1. The number of rotatable bonds is 6. The topological polar surface area (TPSA) is 107 Å². The van der Waals surface area contributed by atoms with E-state index in [-0.39, 0.29) is 26.9 Å². The summed E-state index contributed by atoms with van der Waals surface area (Å²) in [6.45, 7) is 0. The van der Waals surface area contributed by atoms with Gasteiger partial charge in [0.05, 0.1) is 26.1 Å². The van der Waals surface area contributed by atoms with E-state index in [1.165, 1.54) is 49.5 Å². The molecule has 0 unspecified atom stereocenters. The Labute approximate surface area is 191 Å². The summed E-state index contributed by atoms with van der Waals surface area (Å²) in [5.41, 5.74) is 0.0725. The summed E-state index contributed by atoms with van der Waals surface area (Å²) in [6.07, 6.45) is 0. The van der Waals surface area contributed by atoms with Gasteiger partial charge in [0, 0.05) is 23.7 Å². The largest absolute Gasteiger partial charge is 0.423 e. The van der Waals surface area contributed by atoms with Gasteiger partial charge in [-0.15, -0.1) is 0 Å². The molecule has 0 radical (unpaired) electrons. The van der Waals surface area contributed by atoms with Crippen molar-refractivity contribution in [1.29, 1.82) is 0 Å². The van der Waals surface area contributed by atoms with Gasteiger partial charge in [-0.2, -0.15) is 0 Å². The molecule has 3 rings (SSSR count). The van der Waals surface area contributed by atoms with E-state index in [1.807, 2.05) is 0 Å². The van der Waals surface area contributed by atoms with Gasteiger partial charge in [-0.3, -0.25) is 14.4 Å². The minimum absolute atomic E-state index is 0.0359. The third kappa shape index (κ3) is 5.04. The van der Waals surface area contributed by atoms with Crippen LogP contribution in [-0.2, 0) is 10.0 Å². The Morgan fingerprint density at radius 3 is 2.23 bits per heavy atom. The van der Waals surface area contributed by atoms with Gasteiger partial charge in [-0.25, -0.2) is 13.2 Å². The van der Waals surface area contributed by atoms with Crippen LogP contribution >= 0.6 is 27.5 Å². The van der Waals surface area contributed by atoms with E-state index in [4.69, 9.17) is 16.3 Å². The van der Waals surface area contributed by atoms with E-state index < -0.39 is 20.9 Å². The van der Waals surface area contributed by atoms with Gasteiger partial charge >= 0.3 is 5.97 Å². The minimum atomic E-state index is -3.77. The Hall–Kier alpha value is -2.95. The lowest BCUT2D eigenvalue weighted by Gasteiger charge is -2.19. The van der Waals surface area contributed by atoms with Crippen molar-refractivity contribution in [3.63, 3.8) is 0 Å². The number of ether oxygens (including phenoxy) is 1. The smallest absolute Gasteiger partial charge is 0.345 e. The Kier molecular flexibility index (Phi) is 6.63. The van der Waals surface area contributed by atoms with Crippen molar-refractivity contribution in [2.24, 2.45) is 0 Å². The molecule has 11 heteroatoms. The zero-order valence-electron chi connectivity index (χ0n) is 15.9. The third-order valence-electron chi connectivity index (χ3n) is 4.27. The van der Waals surface area contributed by atoms with E-state index >= 15 is 0 Å². The first-order chi connectivity index (χ1) is 14.6. The van der Waals surface area contributed by atoms with Gasteiger partial charge in [0.1, 0.15) is 5.75 Å². The van der Waals surface area contributed by atoms with Gasteiger partial charge in [-0.05, 0) is 54.6 Å². The number of nitrogens with zero attached hydrogens (tertiary/aromatic N) is 2. The molecular formula is C20H14BrClN2O6S. The Balaban J connectivity index is 1.76. The molecule has 0 atom stereocenters. The first-order valence-electron chi connectivity index (χ1n) is 8.60. The highest BCUT2D eigenvalue weighted by molar-refractivity contribution is 9.10. The molecule has 3 aromatic rings. The highest BCUT2D eigenvalue weighted by atomic mass is 79.9. The molecule has 0 bridgehead atoms. The van der Waals surface area contributed by atoms with Crippen LogP contribution in [0.25, 0.3) is 0 Å². The van der Waals surface area contributed by atoms with Crippen molar-refractivity contribution < 1.29 is 22.9 Å². The Bertz CT molecular complexity index is 1250. The fraction of sp³-hybridized carbons (Fsp3) is 0.0500. The third-order valence-corrected chi connectivity index (χ3v) is 6.91. The maximum Gasteiger partial charge on any atom is 0.345 e. The van der Waals surface area contributed by atoms with Crippen LogP contribution in [0, 0.1) is 10.1 Å². The number of benzene rings is 3. The molecule has 0 spiro atoms. The second-order valence-electron chi connectivity index (χ2n) is 6.23. The van der Waals surface area contributed by atoms with E-state index in [2.05, 4.69) is 15.9 Å². The van der Waals surface area contributed by atoms with E-state index in [1.54, 1.807) is 12.1 Å². The minimum Gasteiger partial charge on any atom is -0.423 e. The summed E-state index contributed by atoms with van der Waals surface area (Å²) in [4.78, 5) is 22.6. The number of hydrogen-bond acceptors (Lipinski definition) is 6. The molecule has 0 aromatic heterocycles. The molecule has 0 fully saturated rings. The van der Waals surface area contributed by atoms with E-state index in [0.29, 0.717) is 5.69 Å². The van der Waals surface area contributed by atoms with Crippen molar-refractivity contribution in [2.75, 3.05) is 11.4 Å². The van der Waals surface area contributed by atoms with Crippen molar-refractivity contribution in [3.05, 3.63) is 91.9 Å². The Morgan fingerprint density at radius 1 is 1.06 bits per heavy atom. The molecule has 0 saturated carbocycles. The molecule has 0 aliphatic carbocycles. The first kappa shape index (κ1) is 22.7. The van der Waals surface area contributed by atoms with Crippen molar-refractivity contribution in [2.45, 2.75) is 4.90 Å². The summed E-state index contributed by atoms with van der Waals surface area (Å²) in [7, 11) is -2.36. The number of anilines is 1. The average Bonchev–Trinajstić information content (AvgIpc) is 2.73. The molecule has 0 heterocycles. The number of sulfonamides is 1. The van der Waals surface area contributed by atoms with Crippen LogP contribution < -0.4 is 9.04 Å². The molecule has 0 aliphatic rings. The second kappa shape index (κ2) is 9.04. The summed E-state index contributed by atoms with van der Waals surface area (Å²) in [6, 6.07) is 15.5. The van der Waals surface area contributed by atoms with Crippen molar-refractivity contribution in [3.8, 4) is 5.75 Å². The monoisotopic (exact) mass is 524 g/mol. The van der Waals surface area contributed by atoms with Crippen LogP contribution in [0.1, 0.15) is 10.4 Å². The lowest BCUT2D eigenvalue weighted by atomic mass is 10.2. The number of carbonyl (C=O) groups is 1. The number of halogens is 2. The zero-order valence-corrected chi connectivity index (χ0v) is 19.0. The number of nitro groups is 1. The van der Waals surface area contributed by atoms with Crippen LogP contribution in [0.3, 0.4) is 0 Å². The fourth-order valence-electron chi connectivity index (χ4n) is 2.57. The quantitative estimate of drug-likeness (QED) is 0.193. The molecule has 160 valence electrons. The van der Waals surface area contributed by atoms with Crippen LogP contribution in [0.4, 0.5) is 11.4 Å². The molecule has 8 nitrogen and oxygen atoms in total. The fourth-order valence-corrected chi connectivity index (χ4v) is 4.28. The predicted octanol–water partition coefficient (Wildman–Crippen LogP) is 5.06. The van der Waals surface area contributed by atoms with Crippen LogP contribution in [0.5, 0.6) is 5.75 Å². The molecule has 0 aliphatic heterocycles. The summed E-state index contributed by atoms with van der Waals surface area (Å²) < 4.78 is 32.6. The van der Waals surface area contributed by atoms with Crippen LogP contribution in [0.2, 0.25) is 5.02 Å². The molecule has 31 heavy (non-hydrogen) atoms. The van der Waals surface area contributed by atoms with E-state index in [0.717, 1.165) is 20.9 Å². The second-order valence-corrected chi connectivity index (χ2v) is 9.52. The highest BCUT2D eigenvalue weighted by Gasteiger charge is 2.22. The molecule has 0 amide bonds. The number of hydrogen-bond donors (Lipinski definition) is 0. The number of esters is 1. The number of non-ortho nitro benzene ring substituents is 1. The molecule has 0 saturated heterocycles. The van der Waals surface area contributed by atoms with Crippen molar-refractivity contribution >= 4 is 54.9 Å². The Morgan fingerprint density at radius 2 is 1.68 bits per heavy atom. The normalized spacial score (nSPS) is 11.1.